The van der Waals surface area contributed by atoms with E-state index in [2.05, 4.69) is 27.4 Å². The molecule has 2 aliphatic heterocycles. The van der Waals surface area contributed by atoms with Crippen molar-refractivity contribution in [2.24, 2.45) is 9.98 Å². The summed E-state index contributed by atoms with van der Waals surface area (Å²) in [7, 11) is 1.98. The zero-order valence-electron chi connectivity index (χ0n) is 18.6. The lowest BCUT2D eigenvalue weighted by molar-refractivity contribution is 0.657. The predicted octanol–water partition coefficient (Wildman–Crippen LogP) is 4.94. The van der Waals surface area contributed by atoms with E-state index in [4.69, 9.17) is 15.0 Å². The minimum absolute atomic E-state index is 0.230. The Morgan fingerprint density at radius 1 is 1.03 bits per heavy atom. The van der Waals surface area contributed by atoms with Gasteiger partial charge in [0.25, 0.3) is 0 Å². The van der Waals surface area contributed by atoms with Gasteiger partial charge in [0.15, 0.2) is 11.0 Å². The highest BCUT2D eigenvalue weighted by Gasteiger charge is 2.27. The van der Waals surface area contributed by atoms with Crippen LogP contribution in [0.2, 0.25) is 0 Å². The second-order valence-corrected chi connectivity index (χ2v) is 9.31. The topological polar surface area (TPSA) is 78.7 Å². The van der Waals surface area contributed by atoms with E-state index >= 15 is 0 Å². The average Bonchev–Trinajstić information content (AvgIpc) is 3.29. The van der Waals surface area contributed by atoms with Crippen molar-refractivity contribution in [3.05, 3.63) is 76.9 Å². The lowest BCUT2D eigenvalue weighted by atomic mass is 10.0. The van der Waals surface area contributed by atoms with Gasteiger partial charge in [0.05, 0.1) is 17.1 Å². The first-order chi connectivity index (χ1) is 16.6. The van der Waals surface area contributed by atoms with Gasteiger partial charge in [0.2, 0.25) is 0 Å². The molecule has 4 aromatic rings. The van der Waals surface area contributed by atoms with E-state index in [0.717, 1.165) is 66.9 Å². The van der Waals surface area contributed by atoms with Gasteiger partial charge in [0.1, 0.15) is 18.2 Å². The average molecular weight is 470 g/mol. The number of halogens is 1. The first kappa shape index (κ1) is 20.6. The molecule has 6 rings (SSSR count). The second kappa shape index (κ2) is 8.11. The molecule has 4 aromatic heterocycles. The molecule has 0 atom stereocenters. The largest absolute Gasteiger partial charge is 0.340 e. The van der Waals surface area contributed by atoms with Crippen LogP contribution in [0.25, 0.3) is 21.7 Å². The van der Waals surface area contributed by atoms with Crippen LogP contribution in [0.4, 0.5) is 15.9 Å². The zero-order valence-corrected chi connectivity index (χ0v) is 19.4. The van der Waals surface area contributed by atoms with E-state index in [1.54, 1.807) is 12.3 Å². The quantitative estimate of drug-likeness (QED) is 0.460. The van der Waals surface area contributed by atoms with Crippen LogP contribution in [-0.2, 0) is 6.54 Å². The van der Waals surface area contributed by atoms with Crippen molar-refractivity contribution in [1.82, 2.24) is 15.0 Å². The third kappa shape index (κ3) is 3.54. The molecule has 0 fully saturated rings. The highest BCUT2D eigenvalue weighted by molar-refractivity contribution is 7.13. The van der Waals surface area contributed by atoms with E-state index in [1.165, 1.54) is 6.07 Å². The van der Waals surface area contributed by atoms with Gasteiger partial charge in [-0.05, 0) is 42.8 Å². The van der Waals surface area contributed by atoms with E-state index in [9.17, 15) is 4.39 Å². The molecular formula is C25H20FN7S. The molecule has 34 heavy (non-hydrogen) atoms. The number of hydrogen-bond acceptors (Lipinski definition) is 8. The fraction of sp³-hybridized carbons (Fsp3) is 0.160. The van der Waals surface area contributed by atoms with Crippen LogP contribution in [0.1, 0.15) is 16.7 Å². The Hall–Kier alpha value is -3.98. The summed E-state index contributed by atoms with van der Waals surface area (Å²) in [5, 5.41) is 3.21. The Balaban J connectivity index is 1.38. The minimum Gasteiger partial charge on any atom is -0.340 e. The lowest BCUT2D eigenvalue weighted by Gasteiger charge is -2.28. The van der Waals surface area contributed by atoms with Crippen molar-refractivity contribution in [3.63, 3.8) is 0 Å². The molecule has 2 aliphatic rings. The molecule has 9 heteroatoms. The van der Waals surface area contributed by atoms with E-state index in [-0.39, 0.29) is 5.13 Å². The molecule has 0 unspecified atom stereocenters. The summed E-state index contributed by atoms with van der Waals surface area (Å²) in [6, 6.07) is 9.33. The van der Waals surface area contributed by atoms with Crippen LogP contribution in [0.5, 0.6) is 0 Å². The summed E-state index contributed by atoms with van der Waals surface area (Å²) in [6.45, 7) is 2.94. The van der Waals surface area contributed by atoms with Gasteiger partial charge in [-0.15, -0.1) is 11.3 Å². The van der Waals surface area contributed by atoms with Crippen molar-refractivity contribution in [2.75, 3.05) is 23.9 Å². The number of fused-ring (bicyclic) bond motifs is 2. The van der Waals surface area contributed by atoms with Gasteiger partial charge in [-0.3, -0.25) is 20.0 Å². The molecule has 0 bridgehead atoms. The number of hydrogen-bond donors (Lipinski definition) is 1. The standard InChI is InChI=1S/C25H20FN7S/c1-14-7-15(10-27-9-14)16-8-17-23(31-13-33(2)25(17)30-11-16)24-29-12-18-19(32-24)5-6-28-22(18)20-3-4-21(26)34-20/h3-11H,12-13H2,1-2H3,(H,29,32). The monoisotopic (exact) mass is 469 g/mol. The number of anilines is 2. The highest BCUT2D eigenvalue weighted by atomic mass is 32.1. The molecule has 0 saturated heterocycles. The Morgan fingerprint density at radius 3 is 2.74 bits per heavy atom. The maximum atomic E-state index is 13.6. The van der Waals surface area contributed by atoms with Crippen molar-refractivity contribution in [2.45, 2.75) is 13.5 Å². The maximum Gasteiger partial charge on any atom is 0.177 e. The summed E-state index contributed by atoms with van der Waals surface area (Å²) in [5.74, 6) is 1.55. The molecule has 1 N–H and O–H groups in total. The van der Waals surface area contributed by atoms with Crippen LogP contribution in [0.15, 0.2) is 65.1 Å². The third-order valence-corrected chi connectivity index (χ3v) is 6.75. The number of nitrogens with zero attached hydrogens (tertiary/aromatic N) is 6. The SMILES string of the molecule is Cc1cncc(-c2cnc3c(c2)C(C2=NCc4c(ccnc4-c4ccc(F)s4)N2)=NCN3C)c1. The van der Waals surface area contributed by atoms with Crippen molar-refractivity contribution in [3.8, 4) is 21.7 Å². The number of rotatable bonds is 3. The highest BCUT2D eigenvalue weighted by Crippen LogP contribution is 2.35. The zero-order chi connectivity index (χ0) is 23.2. The summed E-state index contributed by atoms with van der Waals surface area (Å²) in [4.78, 5) is 26.0. The number of aromatic nitrogens is 3. The first-order valence-corrected chi connectivity index (χ1v) is 11.6. The van der Waals surface area contributed by atoms with E-state index < -0.39 is 0 Å². The van der Waals surface area contributed by atoms with Gasteiger partial charge in [-0.2, -0.15) is 4.39 Å². The minimum atomic E-state index is -0.230. The van der Waals surface area contributed by atoms with E-state index in [1.807, 2.05) is 43.5 Å². The van der Waals surface area contributed by atoms with Crippen LogP contribution >= 0.6 is 11.3 Å². The second-order valence-electron chi connectivity index (χ2n) is 8.27. The molecule has 0 aliphatic carbocycles. The van der Waals surface area contributed by atoms with E-state index in [0.29, 0.717) is 19.0 Å². The molecule has 0 amide bonds. The van der Waals surface area contributed by atoms with Gasteiger partial charge in [0, 0.05) is 59.8 Å². The summed E-state index contributed by atoms with van der Waals surface area (Å²) in [6.07, 6.45) is 7.28. The third-order valence-electron chi connectivity index (χ3n) is 5.87. The fourth-order valence-electron chi connectivity index (χ4n) is 4.22. The number of aliphatic imine (C=N–C) groups is 2. The van der Waals surface area contributed by atoms with Crippen molar-refractivity contribution < 1.29 is 4.39 Å². The molecule has 0 spiro atoms. The maximum absolute atomic E-state index is 13.6. The van der Waals surface area contributed by atoms with Crippen molar-refractivity contribution >= 4 is 34.4 Å². The molecular weight excluding hydrogens is 449 g/mol. The number of pyridine rings is 3. The molecule has 0 radical (unpaired) electrons. The number of thiophene rings is 1. The normalized spacial score (nSPS) is 14.6. The summed E-state index contributed by atoms with van der Waals surface area (Å²) in [5.41, 5.74) is 7.35. The number of aryl methyl sites for hydroxylation is 1. The number of nitrogens with one attached hydrogen (secondary N) is 1. The molecule has 168 valence electrons. The molecule has 6 heterocycles. The van der Waals surface area contributed by atoms with Crippen LogP contribution in [0, 0.1) is 12.1 Å². The van der Waals surface area contributed by atoms with Crippen LogP contribution < -0.4 is 10.2 Å². The van der Waals surface area contributed by atoms with Gasteiger partial charge >= 0.3 is 0 Å². The summed E-state index contributed by atoms with van der Waals surface area (Å²) >= 11 is 1.09. The number of amidine groups is 1. The van der Waals surface area contributed by atoms with Crippen LogP contribution in [0.3, 0.4) is 0 Å². The summed E-state index contributed by atoms with van der Waals surface area (Å²) < 4.78 is 13.6. The Bertz CT molecular complexity index is 1490. The Kier molecular flexibility index (Phi) is 4.91. The molecule has 0 saturated carbocycles. The first-order valence-electron chi connectivity index (χ1n) is 10.8. The molecule has 7 nitrogen and oxygen atoms in total. The van der Waals surface area contributed by atoms with Crippen LogP contribution in [-0.4, -0.2) is 40.2 Å². The fourth-order valence-corrected chi connectivity index (χ4v) is 4.98. The van der Waals surface area contributed by atoms with Gasteiger partial charge in [-0.1, -0.05) is 0 Å². The molecule has 0 aromatic carbocycles. The lowest BCUT2D eigenvalue weighted by Crippen LogP contribution is -2.35. The van der Waals surface area contributed by atoms with Gasteiger partial charge in [-0.25, -0.2) is 4.98 Å². The predicted molar refractivity (Wildman–Crippen MR) is 134 cm³/mol. The van der Waals surface area contributed by atoms with Gasteiger partial charge < -0.3 is 10.2 Å². The Morgan fingerprint density at radius 2 is 1.91 bits per heavy atom. The van der Waals surface area contributed by atoms with Crippen molar-refractivity contribution in [1.29, 1.82) is 0 Å². The smallest absolute Gasteiger partial charge is 0.177 e. The Labute approximate surface area is 199 Å².